The van der Waals surface area contributed by atoms with E-state index in [1.165, 1.54) is 0 Å². The van der Waals surface area contributed by atoms with E-state index in [1.54, 1.807) is 7.11 Å². The lowest BCUT2D eigenvalue weighted by Gasteiger charge is -2.11. The molecule has 3 nitrogen and oxygen atoms in total. The van der Waals surface area contributed by atoms with Crippen LogP contribution in [0.1, 0.15) is 18.4 Å². The Labute approximate surface area is 95.8 Å². The van der Waals surface area contributed by atoms with Crippen LogP contribution in [0.4, 0.5) is 0 Å². The van der Waals surface area contributed by atoms with Crippen LogP contribution in [0.5, 0.6) is 5.75 Å². The number of Topliss-reactive ketones (excluding diaryl/α,β-unsaturated/α-hetero) is 1. The second-order valence-corrected chi connectivity index (χ2v) is 4.10. The fourth-order valence-corrected chi connectivity index (χ4v) is 2.12. The summed E-state index contributed by atoms with van der Waals surface area (Å²) >= 11 is 0. The van der Waals surface area contributed by atoms with Gasteiger partial charge in [0.1, 0.15) is 5.75 Å². The van der Waals surface area contributed by atoms with Crippen molar-refractivity contribution < 1.29 is 9.53 Å². The Bertz CT molecular complexity index is 370. The zero-order valence-electron chi connectivity index (χ0n) is 9.53. The maximum atomic E-state index is 12.0. The molecule has 1 N–H and O–H groups in total. The van der Waals surface area contributed by atoms with E-state index in [4.69, 9.17) is 4.74 Å². The van der Waals surface area contributed by atoms with E-state index < -0.39 is 0 Å². The lowest BCUT2D eigenvalue weighted by molar-refractivity contribution is -0.120. The highest BCUT2D eigenvalue weighted by Crippen LogP contribution is 2.19. The van der Waals surface area contributed by atoms with Gasteiger partial charge < -0.3 is 10.1 Å². The molecule has 1 atom stereocenters. The minimum atomic E-state index is 0.0462. The number of methoxy groups -OCH3 is 1. The first-order valence-corrected chi connectivity index (χ1v) is 5.69. The molecule has 0 amide bonds. The van der Waals surface area contributed by atoms with Gasteiger partial charge in [-0.2, -0.15) is 0 Å². The number of benzene rings is 1. The topological polar surface area (TPSA) is 38.3 Å². The molecule has 0 spiro atoms. The summed E-state index contributed by atoms with van der Waals surface area (Å²) in [7, 11) is 1.64. The molecule has 2 rings (SSSR count). The highest BCUT2D eigenvalue weighted by molar-refractivity contribution is 5.86. The van der Waals surface area contributed by atoms with E-state index in [9.17, 15) is 4.79 Å². The van der Waals surface area contributed by atoms with Crippen molar-refractivity contribution in [3.05, 3.63) is 29.8 Å². The van der Waals surface area contributed by atoms with Crippen molar-refractivity contribution in [1.82, 2.24) is 5.32 Å². The number of ketones is 1. The molecule has 1 aliphatic heterocycles. The molecule has 0 aromatic heterocycles. The maximum Gasteiger partial charge on any atom is 0.154 e. The molecule has 0 aliphatic carbocycles. The fourth-order valence-electron chi connectivity index (χ4n) is 2.12. The zero-order chi connectivity index (χ0) is 11.4. The molecule has 1 heterocycles. The third kappa shape index (κ3) is 2.42. The lowest BCUT2D eigenvalue weighted by atomic mass is 10.0. The highest BCUT2D eigenvalue weighted by Gasteiger charge is 2.22. The van der Waals surface area contributed by atoms with E-state index in [0.29, 0.717) is 6.42 Å². The largest absolute Gasteiger partial charge is 0.496 e. The van der Waals surface area contributed by atoms with Crippen LogP contribution in [0.3, 0.4) is 0 Å². The van der Waals surface area contributed by atoms with Crippen LogP contribution in [0.15, 0.2) is 24.3 Å². The highest BCUT2D eigenvalue weighted by atomic mass is 16.5. The van der Waals surface area contributed by atoms with Crippen molar-refractivity contribution in [2.45, 2.75) is 25.3 Å². The van der Waals surface area contributed by atoms with Crippen molar-refractivity contribution in [3.63, 3.8) is 0 Å². The van der Waals surface area contributed by atoms with Crippen LogP contribution in [0.2, 0.25) is 0 Å². The Balaban J connectivity index is 2.05. The first-order valence-electron chi connectivity index (χ1n) is 5.69. The monoisotopic (exact) mass is 219 g/mol. The van der Waals surface area contributed by atoms with Crippen LogP contribution >= 0.6 is 0 Å². The number of carbonyl (C=O) groups is 1. The third-order valence-electron chi connectivity index (χ3n) is 3.01. The second kappa shape index (κ2) is 5.12. The SMILES string of the molecule is COc1ccccc1CC(=O)C1CCCN1. The second-order valence-electron chi connectivity index (χ2n) is 4.10. The molecule has 1 saturated heterocycles. The van der Waals surface area contributed by atoms with Crippen LogP contribution in [-0.4, -0.2) is 25.5 Å². The summed E-state index contributed by atoms with van der Waals surface area (Å²) in [5.41, 5.74) is 0.976. The molecule has 16 heavy (non-hydrogen) atoms. The normalized spacial score (nSPS) is 19.7. The van der Waals surface area contributed by atoms with E-state index in [0.717, 1.165) is 30.7 Å². The van der Waals surface area contributed by atoms with Crippen LogP contribution in [0.25, 0.3) is 0 Å². The standard InChI is InChI=1S/C13H17NO2/c1-16-13-7-3-2-5-10(13)9-12(15)11-6-4-8-14-11/h2-3,5,7,11,14H,4,6,8-9H2,1H3. The maximum absolute atomic E-state index is 12.0. The molecule has 1 aliphatic rings. The first kappa shape index (κ1) is 11.1. The number of ether oxygens (including phenoxy) is 1. The summed E-state index contributed by atoms with van der Waals surface area (Å²) in [6, 6.07) is 7.74. The molecule has 0 saturated carbocycles. The van der Waals surface area contributed by atoms with Crippen molar-refractivity contribution in [2.75, 3.05) is 13.7 Å². The van der Waals surface area contributed by atoms with Crippen LogP contribution in [0, 0.1) is 0 Å². The van der Waals surface area contributed by atoms with Gasteiger partial charge in [0.05, 0.1) is 13.2 Å². The Morgan fingerprint density at radius 3 is 3.00 bits per heavy atom. The Morgan fingerprint density at radius 1 is 1.50 bits per heavy atom. The molecular weight excluding hydrogens is 202 g/mol. The summed E-state index contributed by atoms with van der Waals surface area (Å²) in [5, 5.41) is 3.22. The number of nitrogens with one attached hydrogen (secondary N) is 1. The van der Waals surface area contributed by atoms with Crippen molar-refractivity contribution in [2.24, 2.45) is 0 Å². The summed E-state index contributed by atoms with van der Waals surface area (Å²) in [5.74, 6) is 1.07. The molecular formula is C13H17NO2. The third-order valence-corrected chi connectivity index (χ3v) is 3.01. The van der Waals surface area contributed by atoms with Gasteiger partial charge in [-0.3, -0.25) is 4.79 Å². The Kier molecular flexibility index (Phi) is 3.57. The number of hydrogen-bond donors (Lipinski definition) is 1. The van der Waals surface area contributed by atoms with Gasteiger partial charge >= 0.3 is 0 Å². The smallest absolute Gasteiger partial charge is 0.154 e. The Morgan fingerprint density at radius 2 is 2.31 bits per heavy atom. The van der Waals surface area contributed by atoms with Gasteiger partial charge in [-0.25, -0.2) is 0 Å². The van der Waals surface area contributed by atoms with E-state index in [1.807, 2.05) is 24.3 Å². The lowest BCUT2D eigenvalue weighted by Crippen LogP contribution is -2.31. The summed E-state index contributed by atoms with van der Waals surface area (Å²) in [6.07, 6.45) is 2.53. The number of rotatable bonds is 4. The first-order chi connectivity index (χ1) is 7.81. The molecule has 0 radical (unpaired) electrons. The van der Waals surface area contributed by atoms with Gasteiger partial charge in [0.15, 0.2) is 5.78 Å². The number of hydrogen-bond acceptors (Lipinski definition) is 3. The number of carbonyl (C=O) groups excluding carboxylic acids is 1. The van der Waals surface area contributed by atoms with E-state index in [-0.39, 0.29) is 11.8 Å². The van der Waals surface area contributed by atoms with Gasteiger partial charge in [0, 0.05) is 12.0 Å². The van der Waals surface area contributed by atoms with E-state index in [2.05, 4.69) is 5.32 Å². The fraction of sp³-hybridized carbons (Fsp3) is 0.462. The molecule has 3 heteroatoms. The average molecular weight is 219 g/mol. The quantitative estimate of drug-likeness (QED) is 0.835. The average Bonchev–Trinajstić information content (AvgIpc) is 2.83. The number of para-hydroxylation sites is 1. The van der Waals surface area contributed by atoms with Gasteiger partial charge in [-0.05, 0) is 25.5 Å². The van der Waals surface area contributed by atoms with Gasteiger partial charge in [0.25, 0.3) is 0 Å². The van der Waals surface area contributed by atoms with Crippen molar-refractivity contribution in [1.29, 1.82) is 0 Å². The van der Waals surface area contributed by atoms with Crippen molar-refractivity contribution >= 4 is 5.78 Å². The summed E-state index contributed by atoms with van der Waals surface area (Å²) < 4.78 is 5.24. The van der Waals surface area contributed by atoms with E-state index >= 15 is 0 Å². The Hall–Kier alpha value is -1.35. The predicted octanol–water partition coefficient (Wildman–Crippen LogP) is 1.56. The van der Waals surface area contributed by atoms with Gasteiger partial charge in [-0.15, -0.1) is 0 Å². The molecule has 1 aromatic carbocycles. The van der Waals surface area contributed by atoms with Gasteiger partial charge in [-0.1, -0.05) is 18.2 Å². The summed E-state index contributed by atoms with van der Waals surface area (Å²) in [4.78, 5) is 12.0. The predicted molar refractivity (Wildman–Crippen MR) is 62.7 cm³/mol. The zero-order valence-corrected chi connectivity index (χ0v) is 9.53. The molecule has 86 valence electrons. The summed E-state index contributed by atoms with van der Waals surface area (Å²) in [6.45, 7) is 0.961. The molecule has 0 bridgehead atoms. The van der Waals surface area contributed by atoms with Gasteiger partial charge in [0.2, 0.25) is 0 Å². The minimum absolute atomic E-state index is 0.0462. The molecule has 1 unspecified atom stereocenters. The van der Waals surface area contributed by atoms with Crippen LogP contribution < -0.4 is 10.1 Å². The minimum Gasteiger partial charge on any atom is -0.496 e. The molecule has 1 fully saturated rings. The van der Waals surface area contributed by atoms with Crippen LogP contribution in [-0.2, 0) is 11.2 Å². The molecule has 1 aromatic rings. The van der Waals surface area contributed by atoms with Crippen molar-refractivity contribution in [3.8, 4) is 5.75 Å².